The number of methoxy groups -OCH3 is 1. The van der Waals surface area contributed by atoms with Gasteiger partial charge in [-0.3, -0.25) is 4.79 Å². The van der Waals surface area contributed by atoms with Gasteiger partial charge < -0.3 is 25.8 Å². The fourth-order valence-electron chi connectivity index (χ4n) is 2.21. The number of nitrogen functional groups attached to an aromatic ring is 1. The maximum Gasteiger partial charge on any atom is 0.265 e. The molecule has 2 rings (SSSR count). The Morgan fingerprint density at radius 3 is 3.14 bits per heavy atom. The van der Waals surface area contributed by atoms with Gasteiger partial charge in [0.1, 0.15) is 10.7 Å². The number of nitrogens with one attached hydrogen (secondary N) is 2. The molecule has 2 heterocycles. The van der Waals surface area contributed by atoms with Gasteiger partial charge in [-0.1, -0.05) is 11.3 Å². The lowest BCUT2D eigenvalue weighted by Crippen LogP contribution is -2.41. The summed E-state index contributed by atoms with van der Waals surface area (Å²) in [6, 6.07) is 0.132. The third-order valence-electron chi connectivity index (χ3n) is 3.26. The van der Waals surface area contributed by atoms with E-state index in [9.17, 15) is 4.79 Å². The van der Waals surface area contributed by atoms with Crippen LogP contribution in [0.2, 0.25) is 0 Å². The number of aromatic nitrogens is 1. The molecule has 0 aromatic carbocycles. The molecule has 2 unspecified atom stereocenters. The van der Waals surface area contributed by atoms with Crippen molar-refractivity contribution >= 4 is 28.2 Å². The van der Waals surface area contributed by atoms with Crippen molar-refractivity contribution in [2.45, 2.75) is 31.9 Å². The van der Waals surface area contributed by atoms with Crippen LogP contribution in [-0.4, -0.2) is 49.9 Å². The van der Waals surface area contributed by atoms with Gasteiger partial charge in [-0.15, -0.1) is 0 Å². The Morgan fingerprint density at radius 2 is 2.43 bits per heavy atom. The van der Waals surface area contributed by atoms with Gasteiger partial charge >= 0.3 is 0 Å². The molecule has 8 heteroatoms. The quantitative estimate of drug-likeness (QED) is 0.680. The van der Waals surface area contributed by atoms with E-state index in [1.165, 1.54) is 11.3 Å². The summed E-state index contributed by atoms with van der Waals surface area (Å²) in [6.07, 6.45) is 1.83. The Kier molecular flexibility index (Phi) is 5.77. The van der Waals surface area contributed by atoms with Crippen LogP contribution in [0.15, 0.2) is 0 Å². The molecular weight excluding hydrogens is 292 g/mol. The molecular formula is C13H22N4O3S. The van der Waals surface area contributed by atoms with Crippen LogP contribution in [0.5, 0.6) is 0 Å². The van der Waals surface area contributed by atoms with E-state index in [4.69, 9.17) is 15.2 Å². The summed E-state index contributed by atoms with van der Waals surface area (Å²) in [5, 5.41) is 6.72. The van der Waals surface area contributed by atoms with E-state index in [0.29, 0.717) is 29.8 Å². The topological polar surface area (TPSA) is 98.5 Å². The predicted molar refractivity (Wildman–Crippen MR) is 82.8 cm³/mol. The smallest absolute Gasteiger partial charge is 0.265 e. The van der Waals surface area contributed by atoms with Crippen LogP contribution in [0, 0.1) is 0 Å². The summed E-state index contributed by atoms with van der Waals surface area (Å²) in [7, 11) is 1.63. The number of thiazole rings is 1. The first-order valence-corrected chi connectivity index (χ1v) is 7.83. The average molecular weight is 314 g/mol. The van der Waals surface area contributed by atoms with Crippen molar-refractivity contribution in [1.82, 2.24) is 10.3 Å². The second kappa shape index (κ2) is 7.58. The lowest BCUT2D eigenvalue weighted by Gasteiger charge is -2.27. The number of amides is 1. The number of ether oxygens (including phenoxy) is 2. The molecule has 1 amide bonds. The third-order valence-corrected chi connectivity index (χ3v) is 4.29. The van der Waals surface area contributed by atoms with Gasteiger partial charge in [0.15, 0.2) is 5.13 Å². The molecule has 7 nitrogen and oxygen atoms in total. The van der Waals surface area contributed by atoms with Crippen LogP contribution >= 0.6 is 11.3 Å². The summed E-state index contributed by atoms with van der Waals surface area (Å²) in [6.45, 7) is 3.88. The van der Waals surface area contributed by atoms with Crippen LogP contribution in [-0.2, 0) is 9.47 Å². The Morgan fingerprint density at radius 1 is 1.62 bits per heavy atom. The second-order valence-corrected chi connectivity index (χ2v) is 6.03. The van der Waals surface area contributed by atoms with Crippen LogP contribution in [0.4, 0.5) is 10.9 Å². The Hall–Kier alpha value is -1.38. The molecule has 1 aromatic rings. The number of nitrogens with zero attached hydrogens (tertiary/aromatic N) is 1. The fourth-order valence-corrected chi connectivity index (χ4v) is 3.02. The van der Waals surface area contributed by atoms with E-state index in [-0.39, 0.29) is 23.9 Å². The van der Waals surface area contributed by atoms with Gasteiger partial charge in [-0.2, -0.15) is 0 Å². The van der Waals surface area contributed by atoms with E-state index >= 15 is 0 Å². The fraction of sp³-hybridized carbons (Fsp3) is 0.692. The maximum absolute atomic E-state index is 12.3. The van der Waals surface area contributed by atoms with E-state index in [1.807, 2.05) is 6.92 Å². The largest absolute Gasteiger partial charge is 0.383 e. The molecule has 0 aliphatic carbocycles. The molecule has 4 N–H and O–H groups in total. The number of hydrogen-bond acceptors (Lipinski definition) is 7. The van der Waals surface area contributed by atoms with Crippen LogP contribution in [0.3, 0.4) is 0 Å². The van der Waals surface area contributed by atoms with Crippen molar-refractivity contribution in [2.75, 3.05) is 37.9 Å². The molecule has 1 aromatic heterocycles. The standard InChI is InChI=1S/C13H22N4O3S/c1-8-7-9(3-5-20-8)16-12(18)10-11(14)17-13(21-10)15-4-6-19-2/h8-9H,3-7,14H2,1-2H3,(H,15,17)(H,16,18). The first-order valence-electron chi connectivity index (χ1n) is 7.01. The van der Waals surface area contributed by atoms with Gasteiger partial charge in [0.25, 0.3) is 5.91 Å². The minimum atomic E-state index is -0.163. The van der Waals surface area contributed by atoms with Gasteiger partial charge in [0.2, 0.25) is 0 Å². The van der Waals surface area contributed by atoms with Crippen LogP contribution in [0.1, 0.15) is 29.4 Å². The number of carbonyl (C=O) groups is 1. The van der Waals surface area contributed by atoms with E-state index in [1.54, 1.807) is 7.11 Å². The molecule has 0 saturated carbocycles. The Balaban J connectivity index is 1.92. The summed E-state index contributed by atoms with van der Waals surface area (Å²) in [4.78, 5) is 16.9. The molecule has 1 aliphatic heterocycles. The summed E-state index contributed by atoms with van der Waals surface area (Å²) in [5.74, 6) is 0.0985. The lowest BCUT2D eigenvalue weighted by molar-refractivity contribution is 0.0137. The highest BCUT2D eigenvalue weighted by molar-refractivity contribution is 7.18. The molecule has 2 atom stereocenters. The average Bonchev–Trinajstić information content (AvgIpc) is 2.80. The summed E-state index contributed by atoms with van der Waals surface area (Å²) in [5.41, 5.74) is 5.82. The van der Waals surface area contributed by atoms with Gasteiger partial charge in [0, 0.05) is 26.3 Å². The molecule has 1 fully saturated rings. The number of hydrogen-bond donors (Lipinski definition) is 3. The SMILES string of the molecule is COCCNc1nc(N)c(C(=O)NC2CCOC(C)C2)s1. The predicted octanol–water partition coefficient (Wildman–Crippen LogP) is 1.08. The van der Waals surface area contributed by atoms with Crippen LogP contribution in [0.25, 0.3) is 0 Å². The van der Waals surface area contributed by atoms with Crippen molar-refractivity contribution < 1.29 is 14.3 Å². The number of nitrogens with two attached hydrogens (primary N) is 1. The molecule has 118 valence electrons. The highest BCUT2D eigenvalue weighted by Crippen LogP contribution is 2.25. The van der Waals surface area contributed by atoms with Crippen LogP contribution < -0.4 is 16.4 Å². The molecule has 21 heavy (non-hydrogen) atoms. The first-order chi connectivity index (χ1) is 10.1. The van der Waals surface area contributed by atoms with Gasteiger partial charge in [-0.25, -0.2) is 4.98 Å². The van der Waals surface area contributed by atoms with Crippen molar-refractivity contribution in [1.29, 1.82) is 0 Å². The minimum Gasteiger partial charge on any atom is -0.383 e. The molecule has 1 saturated heterocycles. The van der Waals surface area contributed by atoms with E-state index in [0.717, 1.165) is 12.8 Å². The number of carbonyl (C=O) groups excluding carboxylic acids is 1. The molecule has 0 radical (unpaired) electrons. The second-order valence-electron chi connectivity index (χ2n) is 5.03. The Labute approximate surface area is 128 Å². The normalized spacial score (nSPS) is 22.0. The van der Waals surface area contributed by atoms with Crippen molar-refractivity contribution in [3.05, 3.63) is 4.88 Å². The number of anilines is 2. The van der Waals surface area contributed by atoms with Gasteiger partial charge in [0.05, 0.1) is 12.7 Å². The van der Waals surface area contributed by atoms with E-state index in [2.05, 4.69) is 15.6 Å². The molecule has 0 spiro atoms. The zero-order chi connectivity index (χ0) is 15.2. The minimum absolute atomic E-state index is 0.132. The highest BCUT2D eigenvalue weighted by Gasteiger charge is 2.23. The zero-order valence-electron chi connectivity index (χ0n) is 12.3. The van der Waals surface area contributed by atoms with Gasteiger partial charge in [-0.05, 0) is 19.8 Å². The monoisotopic (exact) mass is 314 g/mol. The third kappa shape index (κ3) is 4.55. The first kappa shape index (κ1) is 16.0. The Bertz CT molecular complexity index is 480. The number of rotatable bonds is 6. The molecule has 1 aliphatic rings. The zero-order valence-corrected chi connectivity index (χ0v) is 13.2. The molecule has 0 bridgehead atoms. The van der Waals surface area contributed by atoms with E-state index < -0.39 is 0 Å². The maximum atomic E-state index is 12.3. The van der Waals surface area contributed by atoms with Crippen molar-refractivity contribution in [3.8, 4) is 0 Å². The summed E-state index contributed by atoms with van der Waals surface area (Å²) < 4.78 is 10.4. The summed E-state index contributed by atoms with van der Waals surface area (Å²) >= 11 is 1.26. The van der Waals surface area contributed by atoms with Crippen molar-refractivity contribution in [2.24, 2.45) is 0 Å². The lowest BCUT2D eigenvalue weighted by atomic mass is 10.0. The highest BCUT2D eigenvalue weighted by atomic mass is 32.1. The van der Waals surface area contributed by atoms with Crippen molar-refractivity contribution in [3.63, 3.8) is 0 Å².